The number of likely N-dealkylation sites (tertiary alicyclic amines) is 1. The highest BCUT2D eigenvalue weighted by atomic mass is 16.5. The van der Waals surface area contributed by atoms with E-state index in [9.17, 15) is 4.79 Å². The van der Waals surface area contributed by atoms with Crippen LogP contribution in [0, 0.1) is 6.92 Å². The molecular formula is C23H29N3O2. The molecule has 0 spiro atoms. The van der Waals surface area contributed by atoms with Gasteiger partial charge in [0.1, 0.15) is 0 Å². The van der Waals surface area contributed by atoms with Gasteiger partial charge in [0.25, 0.3) is 0 Å². The van der Waals surface area contributed by atoms with Crippen molar-refractivity contribution in [1.82, 2.24) is 14.8 Å². The maximum Gasteiger partial charge on any atom is 0.236 e. The first-order chi connectivity index (χ1) is 13.7. The minimum atomic E-state index is 0.227. The van der Waals surface area contributed by atoms with Crippen LogP contribution in [0.5, 0.6) is 0 Å². The lowest BCUT2D eigenvalue weighted by Crippen LogP contribution is -2.47. The highest BCUT2D eigenvalue weighted by Gasteiger charge is 2.26. The zero-order valence-electron chi connectivity index (χ0n) is 16.6. The van der Waals surface area contributed by atoms with Crippen molar-refractivity contribution in [1.29, 1.82) is 0 Å². The Hall–Kier alpha value is -2.24. The molecule has 5 nitrogen and oxygen atoms in total. The number of carbonyl (C=O) groups is 1. The number of morpholine rings is 1. The highest BCUT2D eigenvalue weighted by molar-refractivity contribution is 5.78. The SMILES string of the molecule is Cc1cccc(-c2cccc([C@@H]3CCCN(CC(=O)N4CCOCC4)C3)n2)c1. The van der Waals surface area contributed by atoms with Gasteiger partial charge in [0.15, 0.2) is 0 Å². The lowest BCUT2D eigenvalue weighted by atomic mass is 9.93. The van der Waals surface area contributed by atoms with E-state index in [0.29, 0.717) is 25.7 Å². The smallest absolute Gasteiger partial charge is 0.236 e. The monoisotopic (exact) mass is 379 g/mol. The predicted octanol–water partition coefficient (Wildman–Crippen LogP) is 3.10. The number of aryl methyl sites for hydroxylation is 1. The second-order valence-corrected chi connectivity index (χ2v) is 7.88. The van der Waals surface area contributed by atoms with Gasteiger partial charge < -0.3 is 9.64 Å². The maximum absolute atomic E-state index is 12.6. The molecule has 1 aromatic carbocycles. The molecule has 4 rings (SSSR count). The Morgan fingerprint density at radius 1 is 1.14 bits per heavy atom. The van der Waals surface area contributed by atoms with Crippen molar-refractivity contribution in [3.05, 3.63) is 53.7 Å². The lowest BCUT2D eigenvalue weighted by Gasteiger charge is -2.34. The molecule has 2 fully saturated rings. The van der Waals surface area contributed by atoms with Crippen molar-refractivity contribution in [2.45, 2.75) is 25.7 Å². The van der Waals surface area contributed by atoms with Gasteiger partial charge in [-0.3, -0.25) is 14.7 Å². The Morgan fingerprint density at radius 2 is 1.96 bits per heavy atom. The van der Waals surface area contributed by atoms with Crippen LogP contribution in [-0.4, -0.2) is 66.6 Å². The predicted molar refractivity (Wildman–Crippen MR) is 110 cm³/mol. The fraction of sp³-hybridized carbons (Fsp3) is 0.478. The van der Waals surface area contributed by atoms with Crippen LogP contribution in [0.25, 0.3) is 11.3 Å². The summed E-state index contributed by atoms with van der Waals surface area (Å²) in [6, 6.07) is 14.8. The topological polar surface area (TPSA) is 45.7 Å². The minimum absolute atomic E-state index is 0.227. The number of carbonyl (C=O) groups excluding carboxylic acids is 1. The summed E-state index contributed by atoms with van der Waals surface area (Å²) in [5.41, 5.74) is 4.58. The minimum Gasteiger partial charge on any atom is -0.378 e. The van der Waals surface area contributed by atoms with Gasteiger partial charge in [0.2, 0.25) is 5.91 Å². The van der Waals surface area contributed by atoms with Crippen molar-refractivity contribution in [2.75, 3.05) is 45.9 Å². The second-order valence-electron chi connectivity index (χ2n) is 7.88. The van der Waals surface area contributed by atoms with E-state index >= 15 is 0 Å². The summed E-state index contributed by atoms with van der Waals surface area (Å²) >= 11 is 0. The van der Waals surface area contributed by atoms with E-state index in [1.165, 1.54) is 5.56 Å². The fourth-order valence-electron chi connectivity index (χ4n) is 4.19. The Morgan fingerprint density at radius 3 is 2.79 bits per heavy atom. The van der Waals surface area contributed by atoms with Crippen LogP contribution < -0.4 is 0 Å². The molecule has 1 aromatic heterocycles. The summed E-state index contributed by atoms with van der Waals surface area (Å²) in [5.74, 6) is 0.612. The van der Waals surface area contributed by atoms with Gasteiger partial charge in [-0.05, 0) is 44.5 Å². The van der Waals surface area contributed by atoms with Crippen LogP contribution in [-0.2, 0) is 9.53 Å². The van der Waals surface area contributed by atoms with E-state index in [1.54, 1.807) is 0 Å². The number of piperidine rings is 1. The van der Waals surface area contributed by atoms with E-state index in [0.717, 1.165) is 56.0 Å². The summed E-state index contributed by atoms with van der Waals surface area (Å²) in [5, 5.41) is 0. The third-order valence-corrected chi connectivity index (χ3v) is 5.73. The Bertz CT molecular complexity index is 817. The van der Waals surface area contributed by atoms with Crippen LogP contribution in [0.2, 0.25) is 0 Å². The average Bonchev–Trinajstić information content (AvgIpc) is 2.75. The Labute approximate surface area is 167 Å². The largest absolute Gasteiger partial charge is 0.378 e. The molecule has 0 unspecified atom stereocenters. The number of ether oxygens (including phenoxy) is 1. The molecule has 2 aromatic rings. The Balaban J connectivity index is 1.43. The molecule has 1 atom stereocenters. The van der Waals surface area contributed by atoms with Crippen LogP contribution in [0.3, 0.4) is 0 Å². The quantitative estimate of drug-likeness (QED) is 0.819. The fourth-order valence-corrected chi connectivity index (χ4v) is 4.19. The molecule has 3 heterocycles. The molecule has 1 amide bonds. The van der Waals surface area contributed by atoms with E-state index in [-0.39, 0.29) is 5.91 Å². The van der Waals surface area contributed by atoms with Crippen molar-refractivity contribution in [3.63, 3.8) is 0 Å². The molecular weight excluding hydrogens is 350 g/mol. The number of pyridine rings is 1. The van der Waals surface area contributed by atoms with Crippen LogP contribution in [0.4, 0.5) is 0 Å². The number of nitrogens with zero attached hydrogens (tertiary/aromatic N) is 3. The molecule has 2 saturated heterocycles. The number of aromatic nitrogens is 1. The summed E-state index contributed by atoms with van der Waals surface area (Å²) in [6.07, 6.45) is 2.24. The number of benzene rings is 1. The maximum atomic E-state index is 12.6. The summed E-state index contributed by atoms with van der Waals surface area (Å²) in [6.45, 7) is 7.26. The van der Waals surface area contributed by atoms with Gasteiger partial charge in [-0.1, -0.05) is 29.8 Å². The van der Waals surface area contributed by atoms with Gasteiger partial charge in [0.05, 0.1) is 25.5 Å². The second kappa shape index (κ2) is 8.84. The number of amides is 1. The van der Waals surface area contributed by atoms with Crippen LogP contribution >= 0.6 is 0 Å². The molecule has 148 valence electrons. The number of rotatable bonds is 4. The van der Waals surface area contributed by atoms with Gasteiger partial charge in [-0.15, -0.1) is 0 Å². The van der Waals surface area contributed by atoms with E-state index in [2.05, 4.69) is 54.3 Å². The van der Waals surface area contributed by atoms with E-state index in [1.807, 2.05) is 4.90 Å². The van der Waals surface area contributed by atoms with Gasteiger partial charge >= 0.3 is 0 Å². The van der Waals surface area contributed by atoms with Gasteiger partial charge in [0, 0.05) is 36.8 Å². The van der Waals surface area contributed by atoms with Crippen molar-refractivity contribution < 1.29 is 9.53 Å². The lowest BCUT2D eigenvalue weighted by molar-refractivity contribution is -0.136. The van der Waals surface area contributed by atoms with Crippen LogP contribution in [0.1, 0.15) is 30.0 Å². The summed E-state index contributed by atoms with van der Waals surface area (Å²) in [4.78, 5) is 21.8. The molecule has 5 heteroatoms. The van der Waals surface area contributed by atoms with Crippen molar-refractivity contribution >= 4 is 5.91 Å². The average molecular weight is 380 g/mol. The molecule has 0 bridgehead atoms. The normalized spacial score (nSPS) is 20.9. The summed E-state index contributed by atoms with van der Waals surface area (Å²) < 4.78 is 5.35. The third kappa shape index (κ3) is 4.59. The first kappa shape index (κ1) is 19.1. The molecule has 0 saturated carbocycles. The first-order valence-corrected chi connectivity index (χ1v) is 10.3. The van der Waals surface area contributed by atoms with Crippen LogP contribution in [0.15, 0.2) is 42.5 Å². The molecule has 0 aliphatic carbocycles. The standard InChI is InChI=1S/C23H29N3O2/c1-18-5-2-6-19(15-18)21-8-3-9-22(24-21)20-7-4-10-25(16-20)17-23(27)26-11-13-28-14-12-26/h2-3,5-6,8-9,15,20H,4,7,10-14,16-17H2,1H3/t20-/m1/s1. The zero-order chi connectivity index (χ0) is 19.3. The zero-order valence-corrected chi connectivity index (χ0v) is 16.6. The Kier molecular flexibility index (Phi) is 6.03. The molecule has 28 heavy (non-hydrogen) atoms. The molecule has 0 N–H and O–H groups in total. The molecule has 0 radical (unpaired) electrons. The van der Waals surface area contributed by atoms with Gasteiger partial charge in [-0.2, -0.15) is 0 Å². The number of hydrogen-bond donors (Lipinski definition) is 0. The first-order valence-electron chi connectivity index (χ1n) is 10.3. The highest BCUT2D eigenvalue weighted by Crippen LogP contribution is 2.28. The molecule has 2 aliphatic heterocycles. The van der Waals surface area contributed by atoms with Crippen molar-refractivity contribution in [2.24, 2.45) is 0 Å². The summed E-state index contributed by atoms with van der Waals surface area (Å²) in [7, 11) is 0. The molecule has 2 aliphatic rings. The van der Waals surface area contributed by atoms with E-state index < -0.39 is 0 Å². The third-order valence-electron chi connectivity index (χ3n) is 5.73. The number of hydrogen-bond acceptors (Lipinski definition) is 4. The van der Waals surface area contributed by atoms with E-state index in [4.69, 9.17) is 9.72 Å². The van der Waals surface area contributed by atoms with Crippen molar-refractivity contribution in [3.8, 4) is 11.3 Å². The van der Waals surface area contributed by atoms with Gasteiger partial charge in [-0.25, -0.2) is 0 Å².